The van der Waals surface area contributed by atoms with E-state index in [9.17, 15) is 9.13 Å². The molecule has 0 aromatic heterocycles. The summed E-state index contributed by atoms with van der Waals surface area (Å²) in [6.07, 6.45) is 1.39. The van der Waals surface area contributed by atoms with Crippen molar-refractivity contribution in [3.05, 3.63) is 0 Å². The van der Waals surface area contributed by atoms with Crippen LogP contribution >= 0.6 is 15.6 Å². The van der Waals surface area contributed by atoms with Crippen molar-refractivity contribution >= 4 is 15.6 Å². The lowest BCUT2D eigenvalue weighted by atomic mass is 10.4. The van der Waals surface area contributed by atoms with Crippen LogP contribution in [0.4, 0.5) is 0 Å². The lowest BCUT2D eigenvalue weighted by Crippen LogP contribution is -1.98. The van der Waals surface area contributed by atoms with Crippen molar-refractivity contribution < 1.29 is 32.3 Å². The van der Waals surface area contributed by atoms with Crippen LogP contribution in [0, 0.1) is 0 Å². The molecule has 0 aliphatic carbocycles. The third kappa shape index (κ3) is 6.68. The summed E-state index contributed by atoms with van der Waals surface area (Å²) in [6.45, 7) is 1.94. The zero-order valence-corrected chi connectivity index (χ0v) is 9.74. The molecule has 86 valence electrons. The van der Waals surface area contributed by atoms with Gasteiger partial charge in [-0.1, -0.05) is 13.3 Å². The van der Waals surface area contributed by atoms with Gasteiger partial charge in [-0.2, -0.15) is 4.31 Å². The second-order valence-corrected chi connectivity index (χ2v) is 5.54. The number of phosphoric acid groups is 2. The van der Waals surface area contributed by atoms with Crippen LogP contribution in [0.1, 0.15) is 19.8 Å². The largest absolute Gasteiger partial charge is 0.483 e. The summed E-state index contributed by atoms with van der Waals surface area (Å²) in [4.78, 5) is 16.8. The lowest BCUT2D eigenvalue weighted by molar-refractivity contribution is 0.158. The zero-order chi connectivity index (χ0) is 11.2. The van der Waals surface area contributed by atoms with Crippen molar-refractivity contribution in [3.63, 3.8) is 0 Å². The first-order chi connectivity index (χ1) is 6.33. The first kappa shape index (κ1) is 14.3. The van der Waals surface area contributed by atoms with E-state index in [1.165, 1.54) is 0 Å². The van der Waals surface area contributed by atoms with E-state index < -0.39 is 15.6 Å². The quantitative estimate of drug-likeness (QED) is 0.521. The molecule has 0 saturated heterocycles. The summed E-state index contributed by atoms with van der Waals surface area (Å²) in [6, 6.07) is 0. The third-order valence-electron chi connectivity index (χ3n) is 1.18. The maximum absolute atomic E-state index is 11.3. The molecular formula is C5H14O7P2. The molecule has 0 heterocycles. The molecule has 0 amide bonds. The van der Waals surface area contributed by atoms with Gasteiger partial charge in [-0.05, 0) is 6.42 Å². The van der Waals surface area contributed by atoms with Gasteiger partial charge in [-0.15, -0.1) is 0 Å². The Kier molecular flexibility index (Phi) is 6.09. The average molecular weight is 248 g/mol. The molecule has 0 rings (SSSR count). The Morgan fingerprint density at radius 2 is 1.86 bits per heavy atom. The molecule has 9 heteroatoms. The molecule has 14 heavy (non-hydrogen) atoms. The fourth-order valence-corrected chi connectivity index (χ4v) is 2.52. The monoisotopic (exact) mass is 248 g/mol. The molecule has 0 aliphatic heterocycles. The summed E-state index contributed by atoms with van der Waals surface area (Å²) in [5.74, 6) is 0. The predicted molar refractivity (Wildman–Crippen MR) is 48.6 cm³/mol. The van der Waals surface area contributed by atoms with Crippen molar-refractivity contribution in [1.82, 2.24) is 0 Å². The van der Waals surface area contributed by atoms with Gasteiger partial charge >= 0.3 is 15.6 Å². The highest BCUT2D eigenvalue weighted by atomic mass is 31.3. The van der Waals surface area contributed by atoms with Gasteiger partial charge in [0.05, 0.1) is 6.61 Å². The van der Waals surface area contributed by atoms with Gasteiger partial charge in [-0.3, -0.25) is 9.05 Å². The Balaban J connectivity index is 4.20. The molecule has 1 atom stereocenters. The molecule has 0 aromatic carbocycles. The fraction of sp³-hybridized carbons (Fsp3) is 1.00. The molecule has 7 nitrogen and oxygen atoms in total. The molecule has 0 aliphatic rings. The molecule has 0 bridgehead atoms. The number of rotatable bonds is 7. The van der Waals surface area contributed by atoms with E-state index in [-0.39, 0.29) is 6.61 Å². The van der Waals surface area contributed by atoms with Crippen LogP contribution in [0.5, 0.6) is 0 Å². The highest BCUT2D eigenvalue weighted by molar-refractivity contribution is 7.61. The van der Waals surface area contributed by atoms with Gasteiger partial charge in [0, 0.05) is 7.11 Å². The topological polar surface area (TPSA) is 102 Å². The average Bonchev–Trinajstić information content (AvgIpc) is 2.02. The summed E-state index contributed by atoms with van der Waals surface area (Å²) < 4.78 is 34.5. The molecule has 0 fully saturated rings. The van der Waals surface area contributed by atoms with E-state index in [0.29, 0.717) is 6.42 Å². The second kappa shape index (κ2) is 5.98. The number of unbranched alkanes of at least 4 members (excludes halogenated alkanes) is 1. The van der Waals surface area contributed by atoms with Gasteiger partial charge in [0.1, 0.15) is 0 Å². The van der Waals surface area contributed by atoms with Crippen molar-refractivity contribution in [3.8, 4) is 0 Å². The SMILES string of the molecule is CCCCOP(=O)(OC)OP(=O)(O)O. The smallest absolute Gasteiger partial charge is 0.302 e. The highest BCUT2D eigenvalue weighted by Gasteiger charge is 2.34. The van der Waals surface area contributed by atoms with Crippen LogP contribution < -0.4 is 0 Å². The van der Waals surface area contributed by atoms with Crippen molar-refractivity contribution in [2.45, 2.75) is 19.8 Å². The van der Waals surface area contributed by atoms with E-state index in [1.54, 1.807) is 0 Å². The number of hydrogen-bond acceptors (Lipinski definition) is 5. The van der Waals surface area contributed by atoms with Gasteiger partial charge < -0.3 is 9.79 Å². The molecular weight excluding hydrogens is 234 g/mol. The van der Waals surface area contributed by atoms with E-state index in [2.05, 4.69) is 13.4 Å². The minimum atomic E-state index is -4.87. The van der Waals surface area contributed by atoms with Gasteiger partial charge in [0.2, 0.25) is 0 Å². The van der Waals surface area contributed by atoms with Crippen LogP contribution in [0.25, 0.3) is 0 Å². The number of hydrogen-bond donors (Lipinski definition) is 2. The van der Waals surface area contributed by atoms with Crippen molar-refractivity contribution in [2.75, 3.05) is 13.7 Å². The Hall–Kier alpha value is 0.260. The first-order valence-corrected chi connectivity index (χ1v) is 6.89. The second-order valence-electron chi connectivity index (χ2n) is 2.39. The minimum Gasteiger partial charge on any atom is -0.302 e. The molecule has 0 aromatic rings. The van der Waals surface area contributed by atoms with Gasteiger partial charge in [-0.25, -0.2) is 9.13 Å². The lowest BCUT2D eigenvalue weighted by Gasteiger charge is -2.15. The third-order valence-corrected chi connectivity index (χ3v) is 3.77. The zero-order valence-electron chi connectivity index (χ0n) is 7.95. The molecule has 2 N–H and O–H groups in total. The van der Waals surface area contributed by atoms with E-state index in [0.717, 1.165) is 13.5 Å². The molecule has 0 saturated carbocycles. The first-order valence-electron chi connectivity index (χ1n) is 3.90. The van der Waals surface area contributed by atoms with Gasteiger partial charge in [0.25, 0.3) is 0 Å². The Labute approximate surface area is 82.2 Å². The van der Waals surface area contributed by atoms with Crippen LogP contribution in [-0.4, -0.2) is 23.5 Å². The summed E-state index contributed by atoms with van der Waals surface area (Å²) in [5, 5.41) is 0. The maximum atomic E-state index is 11.3. The summed E-state index contributed by atoms with van der Waals surface area (Å²) >= 11 is 0. The normalized spacial score (nSPS) is 16.6. The van der Waals surface area contributed by atoms with Gasteiger partial charge in [0.15, 0.2) is 0 Å². The Morgan fingerprint density at radius 3 is 2.21 bits per heavy atom. The van der Waals surface area contributed by atoms with Crippen molar-refractivity contribution in [2.24, 2.45) is 0 Å². The van der Waals surface area contributed by atoms with Crippen LogP contribution in [-0.2, 0) is 22.5 Å². The summed E-state index contributed by atoms with van der Waals surface area (Å²) in [7, 11) is -7.99. The minimum absolute atomic E-state index is 0.0572. The van der Waals surface area contributed by atoms with Crippen LogP contribution in [0.3, 0.4) is 0 Å². The standard InChI is InChI=1S/C5H14O7P2/c1-3-4-5-11-14(9,10-2)12-13(6,7)8/h3-5H2,1-2H3,(H2,6,7,8). The van der Waals surface area contributed by atoms with E-state index >= 15 is 0 Å². The number of phosphoric ester groups is 1. The van der Waals surface area contributed by atoms with Crippen LogP contribution in [0.15, 0.2) is 0 Å². The molecule has 0 spiro atoms. The fourth-order valence-electron chi connectivity index (χ4n) is 0.561. The van der Waals surface area contributed by atoms with E-state index in [1.807, 2.05) is 6.92 Å². The predicted octanol–water partition coefficient (Wildman–Crippen LogP) is 1.67. The highest BCUT2D eigenvalue weighted by Crippen LogP contribution is 2.60. The van der Waals surface area contributed by atoms with E-state index in [4.69, 9.17) is 9.79 Å². The molecule has 1 unspecified atom stereocenters. The van der Waals surface area contributed by atoms with Crippen molar-refractivity contribution in [1.29, 1.82) is 0 Å². The molecule has 0 radical (unpaired) electrons. The maximum Gasteiger partial charge on any atom is 0.483 e. The Morgan fingerprint density at radius 1 is 1.29 bits per heavy atom. The summed E-state index contributed by atoms with van der Waals surface area (Å²) in [5.41, 5.74) is 0. The van der Waals surface area contributed by atoms with Crippen LogP contribution in [0.2, 0.25) is 0 Å². The Bertz CT molecular complexity index is 246.